The van der Waals surface area contributed by atoms with Gasteiger partial charge >= 0.3 is 5.91 Å². The van der Waals surface area contributed by atoms with Crippen LogP contribution in [0.1, 0.15) is 31.3 Å². The number of nitrogens with one attached hydrogen (secondary N) is 1. The van der Waals surface area contributed by atoms with Gasteiger partial charge in [-0.2, -0.15) is 0 Å². The Morgan fingerprint density at radius 1 is 1.32 bits per heavy atom. The van der Waals surface area contributed by atoms with Crippen LogP contribution < -0.4 is 5.48 Å². The van der Waals surface area contributed by atoms with Crippen LogP contribution in [0.2, 0.25) is 0 Å². The first-order valence-corrected chi connectivity index (χ1v) is 6.99. The Morgan fingerprint density at radius 3 is 2.37 bits per heavy atom. The van der Waals surface area contributed by atoms with Crippen molar-refractivity contribution in [1.29, 1.82) is 0 Å². The van der Waals surface area contributed by atoms with Gasteiger partial charge < -0.3 is 4.42 Å². The van der Waals surface area contributed by atoms with Crippen molar-refractivity contribution in [3.05, 3.63) is 17.9 Å². The molecule has 8 heteroatoms. The summed E-state index contributed by atoms with van der Waals surface area (Å²) in [6, 6.07) is 2.50. The molecule has 1 aromatic rings. The van der Waals surface area contributed by atoms with E-state index in [1.165, 1.54) is 26.2 Å². The Hall–Kier alpha value is -1.38. The Morgan fingerprint density at radius 2 is 1.89 bits per heavy atom. The molecule has 1 rings (SSSR count). The Bertz CT molecular complexity index is 554. The molecular formula is C11H18N2O5S. The van der Waals surface area contributed by atoms with Gasteiger partial charge in [-0.3, -0.25) is 9.63 Å². The zero-order chi connectivity index (χ0) is 14.8. The molecular weight excluding hydrogens is 272 g/mol. The minimum atomic E-state index is -3.69. The number of carbonyl (C=O) groups excluding carboxylic acids is 1. The summed E-state index contributed by atoms with van der Waals surface area (Å²) >= 11 is 0. The number of sulfonamides is 1. The van der Waals surface area contributed by atoms with Crippen LogP contribution in [-0.4, -0.2) is 38.3 Å². The largest absolute Gasteiger partial charge is 0.438 e. The summed E-state index contributed by atoms with van der Waals surface area (Å²) in [6.45, 7) is 5.28. The topological polar surface area (TPSA) is 88.9 Å². The van der Waals surface area contributed by atoms with Crippen LogP contribution in [0.3, 0.4) is 0 Å². The molecule has 1 N–H and O–H groups in total. The highest BCUT2D eigenvalue weighted by Gasteiger charge is 2.24. The first-order chi connectivity index (χ1) is 8.54. The van der Waals surface area contributed by atoms with Crippen molar-refractivity contribution >= 4 is 15.9 Å². The van der Waals surface area contributed by atoms with E-state index < -0.39 is 21.5 Å². The van der Waals surface area contributed by atoms with E-state index >= 15 is 0 Å². The minimum Gasteiger partial charge on any atom is -0.438 e. The van der Waals surface area contributed by atoms with Crippen LogP contribution in [-0.2, 0) is 14.9 Å². The molecule has 0 unspecified atom stereocenters. The van der Waals surface area contributed by atoms with E-state index in [4.69, 9.17) is 9.25 Å². The lowest BCUT2D eigenvalue weighted by molar-refractivity contribution is -0.0599. The van der Waals surface area contributed by atoms with Crippen LogP contribution in [0, 0.1) is 0 Å². The first kappa shape index (κ1) is 15.7. The number of hydrogen-bond acceptors (Lipinski definition) is 5. The van der Waals surface area contributed by atoms with Gasteiger partial charge in [-0.05, 0) is 32.9 Å². The molecule has 7 nitrogen and oxygen atoms in total. The molecule has 0 atom stereocenters. The second kappa shape index (κ2) is 5.32. The third-order valence-electron chi connectivity index (χ3n) is 1.99. The summed E-state index contributed by atoms with van der Waals surface area (Å²) in [5.74, 6) is -0.778. The number of carbonyl (C=O) groups is 1. The van der Waals surface area contributed by atoms with E-state index in [1.54, 1.807) is 20.8 Å². The molecule has 0 aliphatic heterocycles. The van der Waals surface area contributed by atoms with E-state index in [2.05, 4.69) is 5.48 Å². The molecule has 19 heavy (non-hydrogen) atoms. The second-order valence-corrected chi connectivity index (χ2v) is 7.13. The zero-order valence-corrected chi connectivity index (χ0v) is 12.4. The number of hydrogen-bond donors (Lipinski definition) is 1. The molecule has 0 saturated carbocycles. The highest BCUT2D eigenvalue weighted by atomic mass is 32.2. The van der Waals surface area contributed by atoms with Crippen LogP contribution in [0.5, 0.6) is 0 Å². The van der Waals surface area contributed by atoms with Crippen LogP contribution in [0.25, 0.3) is 0 Å². The van der Waals surface area contributed by atoms with E-state index in [-0.39, 0.29) is 10.9 Å². The monoisotopic (exact) mass is 290 g/mol. The van der Waals surface area contributed by atoms with Crippen molar-refractivity contribution in [2.75, 3.05) is 14.1 Å². The lowest BCUT2D eigenvalue weighted by atomic mass is 10.2. The summed E-state index contributed by atoms with van der Waals surface area (Å²) in [6.07, 6.45) is 0. The number of nitrogens with zero attached hydrogens (tertiary/aromatic N) is 1. The van der Waals surface area contributed by atoms with Crippen molar-refractivity contribution in [2.45, 2.75) is 31.5 Å². The van der Waals surface area contributed by atoms with E-state index in [9.17, 15) is 13.2 Å². The highest BCUT2D eigenvalue weighted by molar-refractivity contribution is 7.88. The van der Waals surface area contributed by atoms with E-state index in [0.29, 0.717) is 0 Å². The summed E-state index contributed by atoms with van der Waals surface area (Å²) in [4.78, 5) is 16.7. The zero-order valence-electron chi connectivity index (χ0n) is 11.6. The van der Waals surface area contributed by atoms with Gasteiger partial charge in [0.05, 0.1) is 5.60 Å². The van der Waals surface area contributed by atoms with Crippen molar-refractivity contribution in [2.24, 2.45) is 0 Å². The van der Waals surface area contributed by atoms with Gasteiger partial charge in [-0.15, -0.1) is 0 Å². The van der Waals surface area contributed by atoms with Crippen molar-refractivity contribution in [3.8, 4) is 0 Å². The average Bonchev–Trinajstić information content (AvgIpc) is 2.74. The molecule has 0 aliphatic carbocycles. The van der Waals surface area contributed by atoms with Gasteiger partial charge in [0.25, 0.3) is 10.0 Å². The number of amides is 1. The number of furan rings is 1. The van der Waals surface area contributed by atoms with Crippen molar-refractivity contribution < 1.29 is 22.5 Å². The molecule has 1 aromatic heterocycles. The van der Waals surface area contributed by atoms with Crippen LogP contribution >= 0.6 is 0 Å². The minimum absolute atomic E-state index is 0.135. The fraction of sp³-hybridized carbons (Fsp3) is 0.545. The fourth-order valence-corrected chi connectivity index (χ4v) is 1.81. The van der Waals surface area contributed by atoms with Gasteiger partial charge in [0.2, 0.25) is 5.09 Å². The second-order valence-electron chi connectivity index (χ2n) is 5.05. The summed E-state index contributed by atoms with van der Waals surface area (Å²) < 4.78 is 29.5. The Labute approximate surface area is 112 Å². The quantitative estimate of drug-likeness (QED) is 0.835. The van der Waals surface area contributed by atoms with Gasteiger partial charge in [-0.1, -0.05) is 0 Å². The first-order valence-electron chi connectivity index (χ1n) is 5.55. The maximum absolute atomic E-state index is 11.8. The predicted octanol–water partition coefficient (Wildman–Crippen LogP) is 0.990. The molecule has 0 saturated heterocycles. The summed E-state index contributed by atoms with van der Waals surface area (Å²) in [7, 11) is -0.936. The molecule has 0 fully saturated rings. The normalized spacial score (nSPS) is 12.7. The molecule has 0 aliphatic rings. The third kappa shape index (κ3) is 4.05. The van der Waals surface area contributed by atoms with E-state index in [0.717, 1.165) is 4.31 Å². The maximum atomic E-state index is 11.8. The lowest BCUT2D eigenvalue weighted by Gasteiger charge is -2.18. The SMILES string of the molecule is CN(C)S(=O)(=O)c1ccc(C(=O)NOC(C)(C)C)o1. The molecule has 1 heterocycles. The molecule has 0 bridgehead atoms. The standard InChI is InChI=1S/C11H18N2O5S/c1-11(2,3)18-12-10(14)8-6-7-9(17-8)19(15,16)13(4)5/h6-7H,1-5H3,(H,12,14). The smallest absolute Gasteiger partial charge is 0.310 e. The molecule has 0 spiro atoms. The van der Waals surface area contributed by atoms with Gasteiger partial charge in [0, 0.05) is 14.1 Å². The molecule has 1 amide bonds. The predicted molar refractivity (Wildman–Crippen MR) is 67.9 cm³/mol. The average molecular weight is 290 g/mol. The molecule has 108 valence electrons. The third-order valence-corrected chi connectivity index (χ3v) is 3.68. The Balaban J connectivity index is 2.84. The van der Waals surface area contributed by atoms with Crippen molar-refractivity contribution in [3.63, 3.8) is 0 Å². The molecule has 0 radical (unpaired) electrons. The van der Waals surface area contributed by atoms with Gasteiger partial charge in [0.15, 0.2) is 5.76 Å². The summed E-state index contributed by atoms with van der Waals surface area (Å²) in [5, 5.41) is -0.293. The van der Waals surface area contributed by atoms with Crippen molar-refractivity contribution in [1.82, 2.24) is 9.79 Å². The van der Waals surface area contributed by atoms with E-state index in [1.807, 2.05) is 0 Å². The Kier molecular flexibility index (Phi) is 4.39. The number of rotatable bonds is 4. The van der Waals surface area contributed by atoms with Gasteiger partial charge in [-0.25, -0.2) is 18.2 Å². The van der Waals surface area contributed by atoms with Crippen LogP contribution in [0.4, 0.5) is 0 Å². The number of hydroxylamine groups is 1. The lowest BCUT2D eigenvalue weighted by Crippen LogP contribution is -2.33. The highest BCUT2D eigenvalue weighted by Crippen LogP contribution is 2.17. The van der Waals surface area contributed by atoms with Gasteiger partial charge in [0.1, 0.15) is 0 Å². The fourth-order valence-electron chi connectivity index (χ4n) is 1.01. The maximum Gasteiger partial charge on any atom is 0.310 e. The van der Waals surface area contributed by atoms with Crippen LogP contribution in [0.15, 0.2) is 21.6 Å². The summed E-state index contributed by atoms with van der Waals surface area (Å²) in [5.41, 5.74) is 1.64. The molecule has 0 aromatic carbocycles.